The highest BCUT2D eigenvalue weighted by molar-refractivity contribution is 7.90. The van der Waals surface area contributed by atoms with Crippen molar-refractivity contribution in [2.75, 3.05) is 0 Å². The molecule has 130 valence electrons. The fourth-order valence-electron chi connectivity index (χ4n) is 1.58. The van der Waals surface area contributed by atoms with Gasteiger partial charge in [-0.3, -0.25) is 4.72 Å². The minimum absolute atomic E-state index is 0.0833. The van der Waals surface area contributed by atoms with E-state index in [2.05, 4.69) is 0 Å². The summed E-state index contributed by atoms with van der Waals surface area (Å²) >= 11 is 0. The lowest BCUT2D eigenvalue weighted by Gasteiger charge is -2.26. The van der Waals surface area contributed by atoms with Gasteiger partial charge in [0.05, 0.1) is 6.04 Å². The largest absolute Gasteiger partial charge is 0.516 e. The Labute approximate surface area is 121 Å². The molecule has 0 amide bonds. The lowest BCUT2D eigenvalue weighted by molar-refractivity contribution is -0.0458. The van der Waals surface area contributed by atoms with E-state index < -0.39 is 42.8 Å². The molecule has 1 aliphatic carbocycles. The summed E-state index contributed by atoms with van der Waals surface area (Å²) in [5.41, 5.74) is -12.1. The highest BCUT2D eigenvalue weighted by atomic mass is 32.2. The predicted molar refractivity (Wildman–Crippen MR) is 61.9 cm³/mol. The van der Waals surface area contributed by atoms with Crippen LogP contribution in [0.4, 0.5) is 26.3 Å². The summed E-state index contributed by atoms with van der Waals surface area (Å²) in [6.07, 6.45) is 0.861. The van der Waals surface area contributed by atoms with Crippen LogP contribution in [0.5, 0.6) is 0 Å². The molecule has 1 unspecified atom stereocenters. The van der Waals surface area contributed by atoms with Crippen molar-refractivity contribution in [1.82, 2.24) is 9.44 Å². The number of hydrogen-bond acceptors (Lipinski definition) is 4. The van der Waals surface area contributed by atoms with Gasteiger partial charge in [0.1, 0.15) is 0 Å². The topological polar surface area (TPSA) is 92.3 Å². The molecule has 0 radical (unpaired) electrons. The van der Waals surface area contributed by atoms with Gasteiger partial charge in [-0.25, -0.2) is 8.42 Å². The van der Waals surface area contributed by atoms with E-state index in [1.54, 1.807) is 0 Å². The van der Waals surface area contributed by atoms with Gasteiger partial charge in [-0.1, -0.05) is 6.08 Å². The molecule has 0 heterocycles. The molecule has 0 spiro atoms. The molecule has 22 heavy (non-hydrogen) atoms. The van der Waals surface area contributed by atoms with Crippen molar-refractivity contribution in [1.29, 1.82) is 0 Å². The third-order valence-electron chi connectivity index (χ3n) is 2.60. The molecular weight excluding hydrogens is 366 g/mol. The van der Waals surface area contributed by atoms with E-state index in [1.165, 1.54) is 0 Å². The van der Waals surface area contributed by atoms with Crippen LogP contribution in [-0.4, -0.2) is 33.9 Å². The lowest BCUT2D eigenvalue weighted by atomic mass is 10.0. The van der Waals surface area contributed by atoms with Crippen LogP contribution in [-0.2, 0) is 20.0 Å². The van der Waals surface area contributed by atoms with Crippen LogP contribution in [0.15, 0.2) is 11.8 Å². The Morgan fingerprint density at radius 1 is 0.955 bits per heavy atom. The van der Waals surface area contributed by atoms with Crippen molar-refractivity contribution in [2.24, 2.45) is 0 Å². The maximum absolute atomic E-state index is 12.3. The molecule has 0 aromatic carbocycles. The third kappa shape index (κ3) is 4.25. The fraction of sp³-hybridized carbons (Fsp3) is 0.750. The predicted octanol–water partition coefficient (Wildman–Crippen LogP) is 1.30. The Morgan fingerprint density at radius 2 is 1.45 bits per heavy atom. The zero-order chi connectivity index (χ0) is 17.4. The smallest absolute Gasteiger partial charge is 0.278 e. The van der Waals surface area contributed by atoms with Gasteiger partial charge >= 0.3 is 31.1 Å². The van der Waals surface area contributed by atoms with Crippen LogP contribution in [0, 0.1) is 0 Å². The first-order chi connectivity index (χ1) is 9.67. The maximum atomic E-state index is 12.3. The van der Waals surface area contributed by atoms with E-state index in [0.717, 1.165) is 15.5 Å². The number of alkyl halides is 6. The highest BCUT2D eigenvalue weighted by Crippen LogP contribution is 2.27. The first-order valence-electron chi connectivity index (χ1n) is 5.55. The second-order valence-electron chi connectivity index (χ2n) is 4.26. The van der Waals surface area contributed by atoms with Gasteiger partial charge in [0.2, 0.25) is 0 Å². The number of allylic oxidation sites excluding steroid dienone is 1. The van der Waals surface area contributed by atoms with E-state index in [4.69, 9.17) is 0 Å². The molecule has 1 aliphatic rings. The summed E-state index contributed by atoms with van der Waals surface area (Å²) < 4.78 is 120. The van der Waals surface area contributed by atoms with Crippen molar-refractivity contribution in [3.8, 4) is 0 Å². The Kier molecular flexibility index (Phi) is 5.09. The number of nitrogens with one attached hydrogen (secondary N) is 2. The van der Waals surface area contributed by atoms with Crippen molar-refractivity contribution in [3.63, 3.8) is 0 Å². The Balaban J connectivity index is 3.03. The Hall–Kier alpha value is -1.02. The van der Waals surface area contributed by atoms with E-state index in [0.29, 0.717) is 0 Å². The van der Waals surface area contributed by atoms with E-state index in [9.17, 15) is 43.2 Å². The van der Waals surface area contributed by atoms with Gasteiger partial charge in [0.25, 0.3) is 0 Å². The molecular formula is C8H10F6N2O4S2. The molecule has 0 saturated carbocycles. The normalized spacial score (nSPS) is 21.4. The molecule has 1 atom stereocenters. The van der Waals surface area contributed by atoms with Crippen LogP contribution in [0.3, 0.4) is 0 Å². The molecule has 0 bridgehead atoms. The van der Waals surface area contributed by atoms with Crippen LogP contribution in [0.25, 0.3) is 0 Å². The number of rotatable bonds is 4. The summed E-state index contributed by atoms with van der Waals surface area (Å²) in [6, 6.07) is -1.75. The Morgan fingerprint density at radius 3 is 1.91 bits per heavy atom. The minimum Gasteiger partial charge on any atom is -0.278 e. The summed E-state index contributed by atoms with van der Waals surface area (Å²) in [5, 5.41) is 0. The van der Waals surface area contributed by atoms with E-state index >= 15 is 0 Å². The lowest BCUT2D eigenvalue weighted by Crippen LogP contribution is -2.48. The van der Waals surface area contributed by atoms with Gasteiger partial charge in [0.15, 0.2) is 0 Å². The molecule has 14 heteroatoms. The molecule has 1 rings (SSSR count). The monoisotopic (exact) mass is 376 g/mol. The number of sulfonamides is 2. The zero-order valence-electron chi connectivity index (χ0n) is 10.5. The van der Waals surface area contributed by atoms with Crippen LogP contribution >= 0.6 is 0 Å². The Bertz CT molecular complexity index is 649. The van der Waals surface area contributed by atoms with Gasteiger partial charge in [-0.15, -0.1) is 0 Å². The van der Waals surface area contributed by atoms with Crippen molar-refractivity contribution >= 4 is 20.0 Å². The molecule has 0 fully saturated rings. The maximum Gasteiger partial charge on any atom is 0.516 e. The average molecular weight is 376 g/mol. The zero-order valence-corrected chi connectivity index (χ0v) is 12.1. The summed E-state index contributed by atoms with van der Waals surface area (Å²) in [4.78, 5) is 0. The molecule has 2 N–H and O–H groups in total. The molecule has 6 nitrogen and oxygen atoms in total. The minimum atomic E-state index is -5.86. The summed E-state index contributed by atoms with van der Waals surface area (Å²) in [7, 11) is -11.7. The van der Waals surface area contributed by atoms with Crippen molar-refractivity contribution < 1.29 is 43.2 Å². The first kappa shape index (κ1) is 19.0. The summed E-state index contributed by atoms with van der Waals surface area (Å²) in [5.74, 6) is 0. The highest BCUT2D eigenvalue weighted by Gasteiger charge is 2.49. The van der Waals surface area contributed by atoms with Crippen LogP contribution in [0.2, 0.25) is 0 Å². The van der Waals surface area contributed by atoms with E-state index in [-0.39, 0.29) is 19.3 Å². The average Bonchev–Trinajstić information content (AvgIpc) is 2.28. The molecule has 0 aliphatic heterocycles. The second kappa shape index (κ2) is 5.88. The van der Waals surface area contributed by atoms with Gasteiger partial charge in [-0.05, 0) is 19.3 Å². The quantitative estimate of drug-likeness (QED) is 0.724. The van der Waals surface area contributed by atoms with Crippen LogP contribution < -0.4 is 9.44 Å². The second-order valence-corrected chi connectivity index (χ2v) is 7.64. The fourth-order valence-corrected chi connectivity index (χ4v) is 2.98. The molecule has 0 saturated heterocycles. The summed E-state index contributed by atoms with van der Waals surface area (Å²) in [6.45, 7) is 0. The number of hydrogen-bond donors (Lipinski definition) is 2. The first-order valence-corrected chi connectivity index (χ1v) is 8.52. The molecule has 0 aromatic rings. The van der Waals surface area contributed by atoms with Gasteiger partial charge in [0, 0.05) is 5.70 Å². The van der Waals surface area contributed by atoms with Crippen molar-refractivity contribution in [2.45, 2.75) is 36.3 Å². The molecule has 0 aromatic heterocycles. The number of halogens is 6. The van der Waals surface area contributed by atoms with Gasteiger partial charge in [-0.2, -0.15) is 39.5 Å². The SMILES string of the molecule is O=S(=O)(NC1=CCCCC1NS(=O)(=O)C(F)(F)F)C(F)(F)F. The van der Waals surface area contributed by atoms with Crippen molar-refractivity contribution in [3.05, 3.63) is 11.8 Å². The third-order valence-corrected chi connectivity index (χ3v) is 4.91. The standard InChI is InChI=1S/C8H10F6N2O4S2/c9-7(10,11)21(17,18)15-5-3-1-2-4-6(5)16-22(19,20)8(12,13)14/h3,6,15-16H,1-2,4H2. The van der Waals surface area contributed by atoms with E-state index in [1.807, 2.05) is 0 Å². The van der Waals surface area contributed by atoms with Crippen LogP contribution in [0.1, 0.15) is 19.3 Å². The van der Waals surface area contributed by atoms with Gasteiger partial charge < -0.3 is 0 Å².